The van der Waals surface area contributed by atoms with Gasteiger partial charge in [-0.1, -0.05) is 36.4 Å². The third-order valence-corrected chi connectivity index (χ3v) is 5.87. The SMILES string of the molecule is O=S(=O)(NS(=O)(=O)c1ccccc1)c1ccccc1.[K].[Na]. The average Bonchev–Trinajstić information content (AvgIpc) is 2.40. The van der Waals surface area contributed by atoms with Crippen LogP contribution in [0.1, 0.15) is 0 Å². The first kappa shape index (κ1) is 21.9. The molecule has 0 spiro atoms. The van der Waals surface area contributed by atoms with Gasteiger partial charge >= 0.3 is 0 Å². The van der Waals surface area contributed by atoms with Crippen LogP contribution < -0.4 is 4.13 Å². The molecule has 9 heteroatoms. The Morgan fingerprint density at radius 2 is 0.905 bits per heavy atom. The molecule has 0 aliphatic rings. The van der Waals surface area contributed by atoms with E-state index in [2.05, 4.69) is 0 Å². The minimum Gasteiger partial charge on any atom is -0.206 e. The number of nitrogens with one attached hydrogen (secondary N) is 1. The first-order valence-corrected chi connectivity index (χ1v) is 8.27. The van der Waals surface area contributed by atoms with Gasteiger partial charge in [-0.15, -0.1) is 4.13 Å². The zero-order valence-electron chi connectivity index (χ0n) is 11.7. The Balaban J connectivity index is 0.00000200. The minimum absolute atomic E-state index is 0. The van der Waals surface area contributed by atoms with Crippen LogP contribution in [0.5, 0.6) is 0 Å². The zero-order valence-corrected chi connectivity index (χ0v) is 18.5. The molecule has 0 unspecified atom stereocenters. The number of rotatable bonds is 4. The summed E-state index contributed by atoms with van der Waals surface area (Å²) < 4.78 is 49.4. The van der Waals surface area contributed by atoms with E-state index in [0.717, 1.165) is 0 Å². The van der Waals surface area contributed by atoms with Crippen molar-refractivity contribution in [1.82, 2.24) is 4.13 Å². The monoisotopic (exact) mass is 359 g/mol. The smallest absolute Gasteiger partial charge is 0.206 e. The normalized spacial score (nSPS) is 11.0. The molecule has 0 aliphatic heterocycles. The number of hydrogen-bond acceptors (Lipinski definition) is 4. The maximum atomic E-state index is 11.9. The van der Waals surface area contributed by atoms with E-state index in [0.29, 0.717) is 0 Å². The van der Waals surface area contributed by atoms with Crippen molar-refractivity contribution >= 4 is 101 Å². The van der Waals surface area contributed by atoms with Gasteiger partial charge in [0.15, 0.2) is 0 Å². The molecule has 0 saturated carbocycles. The van der Waals surface area contributed by atoms with E-state index in [4.69, 9.17) is 0 Å². The average molecular weight is 359 g/mol. The second-order valence-electron chi connectivity index (χ2n) is 3.72. The standard InChI is InChI=1S/C12H11NO4S2.K.Na/c14-18(15,11-7-3-1-4-8-11)13-19(16,17)12-9-5-2-6-10-12;;/h1-10,13H;;. The van der Waals surface area contributed by atoms with Gasteiger partial charge in [0.05, 0.1) is 9.79 Å². The molecule has 0 heterocycles. The fraction of sp³-hybridized carbons (Fsp3) is 0. The summed E-state index contributed by atoms with van der Waals surface area (Å²) in [6.45, 7) is 0. The van der Waals surface area contributed by atoms with Crippen LogP contribution in [0.4, 0.5) is 0 Å². The van der Waals surface area contributed by atoms with Crippen LogP contribution in [0.15, 0.2) is 70.5 Å². The van der Waals surface area contributed by atoms with Gasteiger partial charge in [0.2, 0.25) is 0 Å². The van der Waals surface area contributed by atoms with E-state index in [1.807, 2.05) is 0 Å². The molecular weight excluding hydrogens is 348 g/mol. The molecule has 5 nitrogen and oxygen atoms in total. The summed E-state index contributed by atoms with van der Waals surface area (Å²) in [6, 6.07) is 14.6. The Bertz CT molecular complexity index is 698. The van der Waals surface area contributed by atoms with Crippen LogP contribution in [0.3, 0.4) is 0 Å². The third-order valence-electron chi connectivity index (χ3n) is 2.33. The van der Waals surface area contributed by atoms with Crippen LogP contribution in [0, 0.1) is 0 Å². The third kappa shape index (κ3) is 6.15. The maximum absolute atomic E-state index is 11.9. The Labute approximate surface area is 189 Å². The summed E-state index contributed by atoms with van der Waals surface area (Å²) >= 11 is 0. The zero-order chi connectivity index (χ0) is 13.9. The first-order valence-electron chi connectivity index (χ1n) is 5.30. The Morgan fingerprint density at radius 3 is 1.19 bits per heavy atom. The van der Waals surface area contributed by atoms with Gasteiger partial charge in [-0.3, -0.25) is 0 Å². The molecule has 0 atom stereocenters. The van der Waals surface area contributed by atoms with Crippen LogP contribution >= 0.6 is 0 Å². The van der Waals surface area contributed by atoms with E-state index in [1.54, 1.807) is 16.3 Å². The second-order valence-corrected chi connectivity index (χ2v) is 7.34. The quantitative estimate of drug-likeness (QED) is 0.811. The minimum atomic E-state index is -4.10. The molecule has 102 valence electrons. The Morgan fingerprint density at radius 1 is 0.619 bits per heavy atom. The summed E-state index contributed by atoms with van der Waals surface area (Å²) in [6.07, 6.45) is 0. The van der Waals surface area contributed by atoms with Crippen molar-refractivity contribution in [3.63, 3.8) is 0 Å². The van der Waals surface area contributed by atoms with E-state index in [-0.39, 0.29) is 90.7 Å². The van der Waals surface area contributed by atoms with Crippen molar-refractivity contribution in [3.05, 3.63) is 60.7 Å². The molecular formula is C12H11KNNaO4S2. The van der Waals surface area contributed by atoms with E-state index in [1.165, 1.54) is 48.5 Å². The molecule has 0 amide bonds. The number of hydrogen-bond donors (Lipinski definition) is 1. The molecule has 21 heavy (non-hydrogen) atoms. The predicted molar refractivity (Wildman–Crippen MR) is 81.9 cm³/mol. The summed E-state index contributed by atoms with van der Waals surface area (Å²) in [4.78, 5) is -0.205. The first-order chi connectivity index (χ1) is 8.92. The number of benzene rings is 2. The number of sulfonamides is 2. The van der Waals surface area contributed by atoms with Crippen molar-refractivity contribution in [2.45, 2.75) is 9.79 Å². The molecule has 0 saturated heterocycles. The van der Waals surface area contributed by atoms with Crippen LogP contribution in [0.2, 0.25) is 0 Å². The molecule has 0 aromatic heterocycles. The van der Waals surface area contributed by atoms with Crippen molar-refractivity contribution in [2.75, 3.05) is 0 Å². The predicted octanol–water partition coefficient (Wildman–Crippen LogP) is 0.592. The second kappa shape index (κ2) is 9.29. The van der Waals surface area contributed by atoms with Gasteiger partial charge in [0.25, 0.3) is 20.0 Å². The fourth-order valence-electron chi connectivity index (χ4n) is 1.44. The molecule has 0 aliphatic carbocycles. The van der Waals surface area contributed by atoms with E-state index < -0.39 is 20.0 Å². The molecule has 2 aromatic rings. The topological polar surface area (TPSA) is 80.3 Å². The van der Waals surface area contributed by atoms with Gasteiger partial charge in [-0.05, 0) is 24.3 Å². The fourth-order valence-corrected chi connectivity index (χ4v) is 4.40. The van der Waals surface area contributed by atoms with Crippen LogP contribution in [-0.2, 0) is 20.0 Å². The summed E-state index contributed by atoms with van der Waals surface area (Å²) in [5.74, 6) is 0. The summed E-state index contributed by atoms with van der Waals surface area (Å²) in [7, 11) is -8.21. The van der Waals surface area contributed by atoms with Gasteiger partial charge in [0, 0.05) is 80.9 Å². The van der Waals surface area contributed by atoms with Gasteiger partial charge in [0.1, 0.15) is 0 Å². The summed E-state index contributed by atoms with van der Waals surface area (Å²) in [5.41, 5.74) is 0. The van der Waals surface area contributed by atoms with Crippen molar-refractivity contribution in [3.8, 4) is 0 Å². The van der Waals surface area contributed by atoms with Gasteiger partial charge in [-0.25, -0.2) is 16.8 Å². The van der Waals surface area contributed by atoms with E-state index in [9.17, 15) is 16.8 Å². The summed E-state index contributed by atoms with van der Waals surface area (Å²) in [5, 5.41) is 0. The van der Waals surface area contributed by atoms with Crippen LogP contribution in [-0.4, -0.2) is 97.8 Å². The molecule has 2 radical (unpaired) electrons. The Hall–Kier alpha value is 0.936. The molecule has 2 aromatic carbocycles. The molecule has 1 N–H and O–H groups in total. The maximum Gasteiger partial charge on any atom is 0.253 e. The largest absolute Gasteiger partial charge is 0.253 e. The van der Waals surface area contributed by atoms with Crippen LogP contribution in [0.25, 0.3) is 0 Å². The van der Waals surface area contributed by atoms with E-state index >= 15 is 0 Å². The van der Waals surface area contributed by atoms with Gasteiger partial charge < -0.3 is 0 Å². The molecule has 0 fully saturated rings. The van der Waals surface area contributed by atoms with Crippen molar-refractivity contribution < 1.29 is 16.8 Å². The van der Waals surface area contributed by atoms with Gasteiger partial charge in [-0.2, -0.15) is 0 Å². The molecule has 2 rings (SSSR count). The Kier molecular flexibility index (Phi) is 9.70. The molecule has 0 bridgehead atoms. The van der Waals surface area contributed by atoms with Crippen molar-refractivity contribution in [1.29, 1.82) is 0 Å². The van der Waals surface area contributed by atoms with Crippen molar-refractivity contribution in [2.24, 2.45) is 0 Å².